The number of rotatable bonds is 7. The largest absolute Gasteiger partial charge is 0.493 e. The van der Waals surface area contributed by atoms with Gasteiger partial charge in [0.25, 0.3) is 0 Å². The molecule has 1 aromatic heterocycles. The Hall–Kier alpha value is -2.76. The maximum atomic E-state index is 12.2. The van der Waals surface area contributed by atoms with E-state index in [1.54, 1.807) is 18.2 Å². The predicted octanol–water partition coefficient (Wildman–Crippen LogP) is 2.34. The van der Waals surface area contributed by atoms with Gasteiger partial charge in [0.15, 0.2) is 23.1 Å². The summed E-state index contributed by atoms with van der Waals surface area (Å²) in [6, 6.07) is 6.46. The molecule has 0 spiro atoms. The van der Waals surface area contributed by atoms with Crippen LogP contribution in [0.3, 0.4) is 0 Å². The first-order valence-corrected chi connectivity index (χ1v) is 6.70. The average Bonchev–Trinajstić information content (AvgIpc) is 2.59. The number of methoxy groups -OCH3 is 2. The van der Waals surface area contributed by atoms with Gasteiger partial charge in [-0.2, -0.15) is 0 Å². The molecule has 0 bridgehead atoms. The van der Waals surface area contributed by atoms with Crippen molar-refractivity contribution in [2.24, 2.45) is 0 Å². The predicted molar refractivity (Wildman–Crippen MR) is 79.5 cm³/mol. The van der Waals surface area contributed by atoms with E-state index in [1.165, 1.54) is 32.8 Å². The minimum atomic E-state index is -0.184. The number of hydrogen-bond donors (Lipinski definition) is 0. The molecule has 22 heavy (non-hydrogen) atoms. The van der Waals surface area contributed by atoms with Gasteiger partial charge in [0.05, 0.1) is 14.2 Å². The minimum absolute atomic E-state index is 0.101. The number of ketones is 2. The number of hydrogen-bond acceptors (Lipinski definition) is 6. The van der Waals surface area contributed by atoms with E-state index < -0.39 is 0 Å². The zero-order valence-electron chi connectivity index (χ0n) is 12.4. The van der Waals surface area contributed by atoms with Gasteiger partial charge in [0.2, 0.25) is 0 Å². The van der Waals surface area contributed by atoms with Crippen LogP contribution >= 0.6 is 0 Å². The number of Topliss-reactive ketones (excluding diaryl/α,β-unsaturated/α-hetero) is 2. The number of nitrogens with zero attached hydrogens (tertiary/aromatic N) is 2. The van der Waals surface area contributed by atoms with Crippen LogP contribution in [-0.2, 0) is 0 Å². The summed E-state index contributed by atoms with van der Waals surface area (Å²) in [5, 5.41) is 0. The molecule has 2 rings (SSSR count). The zero-order chi connectivity index (χ0) is 15.9. The average molecular weight is 300 g/mol. The third-order valence-corrected chi connectivity index (χ3v) is 3.15. The second-order valence-corrected chi connectivity index (χ2v) is 4.51. The minimum Gasteiger partial charge on any atom is -0.493 e. The molecule has 0 atom stereocenters. The summed E-state index contributed by atoms with van der Waals surface area (Å²) in [7, 11) is 3.03. The van der Waals surface area contributed by atoms with E-state index in [4.69, 9.17) is 9.47 Å². The third kappa shape index (κ3) is 3.66. The summed E-state index contributed by atoms with van der Waals surface area (Å²) >= 11 is 0. The van der Waals surface area contributed by atoms with Crippen molar-refractivity contribution in [3.63, 3.8) is 0 Å². The Bertz CT molecular complexity index is 671. The molecule has 1 aromatic carbocycles. The van der Waals surface area contributed by atoms with Gasteiger partial charge in [0.1, 0.15) is 12.0 Å². The van der Waals surface area contributed by atoms with Gasteiger partial charge in [-0.05, 0) is 24.3 Å². The van der Waals surface area contributed by atoms with E-state index in [1.807, 2.05) is 0 Å². The first kappa shape index (κ1) is 15.6. The van der Waals surface area contributed by atoms with E-state index >= 15 is 0 Å². The normalized spacial score (nSPS) is 10.1. The van der Waals surface area contributed by atoms with Crippen LogP contribution in [0.15, 0.2) is 36.8 Å². The number of aromatic nitrogens is 2. The van der Waals surface area contributed by atoms with Crippen LogP contribution in [0.25, 0.3) is 0 Å². The highest BCUT2D eigenvalue weighted by molar-refractivity contribution is 6.01. The lowest BCUT2D eigenvalue weighted by atomic mass is 10.0. The Morgan fingerprint density at radius 3 is 2.36 bits per heavy atom. The zero-order valence-corrected chi connectivity index (χ0v) is 12.4. The molecule has 0 aliphatic heterocycles. The van der Waals surface area contributed by atoms with Gasteiger partial charge in [-0.25, -0.2) is 9.97 Å². The van der Waals surface area contributed by atoms with Crippen LogP contribution in [0.2, 0.25) is 0 Å². The number of ether oxygens (including phenoxy) is 2. The molecule has 0 saturated carbocycles. The summed E-state index contributed by atoms with van der Waals surface area (Å²) in [5.74, 6) is 0.714. The van der Waals surface area contributed by atoms with Crippen LogP contribution < -0.4 is 9.47 Å². The second kappa shape index (κ2) is 7.31. The third-order valence-electron chi connectivity index (χ3n) is 3.15. The highest BCUT2D eigenvalue weighted by Crippen LogP contribution is 2.28. The van der Waals surface area contributed by atoms with Crippen molar-refractivity contribution in [1.82, 2.24) is 9.97 Å². The Kier molecular flexibility index (Phi) is 5.19. The van der Waals surface area contributed by atoms with E-state index in [2.05, 4.69) is 9.97 Å². The number of carbonyl (C=O) groups excluding carboxylic acids is 2. The van der Waals surface area contributed by atoms with Crippen molar-refractivity contribution in [2.45, 2.75) is 12.8 Å². The molecular weight excluding hydrogens is 284 g/mol. The maximum absolute atomic E-state index is 12.2. The van der Waals surface area contributed by atoms with Crippen LogP contribution in [0, 0.1) is 0 Å². The molecule has 0 amide bonds. The Morgan fingerprint density at radius 2 is 1.73 bits per heavy atom. The molecule has 0 saturated heterocycles. The molecule has 0 radical (unpaired) electrons. The molecule has 6 nitrogen and oxygen atoms in total. The number of carbonyl (C=O) groups is 2. The van der Waals surface area contributed by atoms with Gasteiger partial charge < -0.3 is 9.47 Å². The summed E-state index contributed by atoms with van der Waals surface area (Å²) < 4.78 is 10.3. The van der Waals surface area contributed by atoms with E-state index in [-0.39, 0.29) is 24.4 Å². The van der Waals surface area contributed by atoms with Crippen LogP contribution in [0.5, 0.6) is 11.5 Å². The second-order valence-electron chi connectivity index (χ2n) is 4.51. The molecule has 6 heteroatoms. The van der Waals surface area contributed by atoms with Gasteiger partial charge in [-0.15, -0.1) is 0 Å². The van der Waals surface area contributed by atoms with Crippen LogP contribution in [0.1, 0.15) is 33.7 Å². The van der Waals surface area contributed by atoms with Crippen molar-refractivity contribution in [2.75, 3.05) is 14.2 Å². The summed E-state index contributed by atoms with van der Waals surface area (Å²) in [5.41, 5.74) is 0.795. The topological polar surface area (TPSA) is 78.4 Å². The van der Waals surface area contributed by atoms with E-state index in [9.17, 15) is 9.59 Å². The molecule has 0 unspecified atom stereocenters. The first-order chi connectivity index (χ1) is 10.7. The molecular formula is C16H16N2O4. The first-order valence-electron chi connectivity index (χ1n) is 6.70. The Balaban J connectivity index is 2.02. The van der Waals surface area contributed by atoms with Crippen molar-refractivity contribution in [3.05, 3.63) is 48.0 Å². The van der Waals surface area contributed by atoms with Gasteiger partial charge in [-0.1, -0.05) is 0 Å². The smallest absolute Gasteiger partial charge is 0.181 e. The lowest BCUT2D eigenvalue weighted by Gasteiger charge is -2.08. The van der Waals surface area contributed by atoms with Crippen molar-refractivity contribution in [1.29, 1.82) is 0 Å². The lowest BCUT2D eigenvalue weighted by Crippen LogP contribution is -2.07. The lowest BCUT2D eigenvalue weighted by molar-refractivity contribution is 0.0914. The fraction of sp³-hybridized carbons (Fsp3) is 0.250. The van der Waals surface area contributed by atoms with Crippen LogP contribution in [0.4, 0.5) is 0 Å². The Morgan fingerprint density at radius 1 is 1.00 bits per heavy atom. The fourth-order valence-electron chi connectivity index (χ4n) is 1.96. The summed E-state index contributed by atoms with van der Waals surface area (Å²) in [4.78, 5) is 31.7. The quantitative estimate of drug-likeness (QED) is 0.730. The standard InChI is InChI=1S/C16H16N2O4/c1-21-15-6-3-11(9-16(15)22-2)13(19)4-5-14(20)12-7-8-17-10-18-12/h3,6-10H,4-5H2,1-2H3. The van der Waals surface area contributed by atoms with Gasteiger partial charge in [0, 0.05) is 24.6 Å². The summed E-state index contributed by atoms with van der Waals surface area (Å²) in [6.07, 6.45) is 3.02. The molecule has 0 fully saturated rings. The molecule has 114 valence electrons. The maximum Gasteiger partial charge on any atom is 0.181 e. The van der Waals surface area contributed by atoms with Crippen molar-refractivity contribution < 1.29 is 19.1 Å². The molecule has 1 heterocycles. The molecule has 0 aliphatic carbocycles. The molecule has 0 N–H and O–H groups in total. The van der Waals surface area contributed by atoms with Crippen LogP contribution in [-0.4, -0.2) is 35.8 Å². The number of benzene rings is 1. The van der Waals surface area contributed by atoms with Crippen molar-refractivity contribution >= 4 is 11.6 Å². The fourth-order valence-corrected chi connectivity index (χ4v) is 1.96. The summed E-state index contributed by atoms with van der Waals surface area (Å²) in [6.45, 7) is 0. The Labute approximate surface area is 128 Å². The molecule has 0 aliphatic rings. The monoisotopic (exact) mass is 300 g/mol. The van der Waals surface area contributed by atoms with E-state index in [0.717, 1.165) is 0 Å². The van der Waals surface area contributed by atoms with E-state index in [0.29, 0.717) is 22.8 Å². The molecule has 2 aromatic rings. The van der Waals surface area contributed by atoms with Crippen molar-refractivity contribution in [3.8, 4) is 11.5 Å². The highest BCUT2D eigenvalue weighted by Gasteiger charge is 2.14. The SMILES string of the molecule is COc1ccc(C(=O)CCC(=O)c2ccncn2)cc1OC. The van der Waals surface area contributed by atoms with Gasteiger partial charge >= 0.3 is 0 Å². The van der Waals surface area contributed by atoms with Gasteiger partial charge in [-0.3, -0.25) is 9.59 Å². The highest BCUT2D eigenvalue weighted by atomic mass is 16.5.